The number of carbonyl (C=O) groups is 3. The first kappa shape index (κ1) is 22.7. The molecule has 0 fully saturated rings. The van der Waals surface area contributed by atoms with Crippen molar-refractivity contribution in [1.82, 2.24) is 10.6 Å². The smallest absolute Gasteiger partial charge is 0.338 e. The molecule has 0 saturated carbocycles. The second-order valence-corrected chi connectivity index (χ2v) is 8.97. The lowest BCUT2D eigenvalue weighted by Gasteiger charge is -2.21. The van der Waals surface area contributed by atoms with Crippen LogP contribution in [0.15, 0.2) is 18.2 Å². The summed E-state index contributed by atoms with van der Waals surface area (Å²) in [5, 5.41) is 5.13. The largest absolute Gasteiger partial charge is 0.452 e. The van der Waals surface area contributed by atoms with Crippen molar-refractivity contribution in [2.75, 3.05) is 23.7 Å². The van der Waals surface area contributed by atoms with Crippen molar-refractivity contribution in [1.29, 1.82) is 0 Å². The van der Waals surface area contributed by atoms with Crippen molar-refractivity contribution in [3.8, 4) is 0 Å². The summed E-state index contributed by atoms with van der Waals surface area (Å²) in [4.78, 5) is 35.9. The molecule has 1 aromatic carbocycles. The highest BCUT2D eigenvalue weighted by atomic mass is 32.2. The average Bonchev–Trinajstić information content (AvgIpc) is 2.98. The van der Waals surface area contributed by atoms with E-state index in [0.29, 0.717) is 18.7 Å². The van der Waals surface area contributed by atoms with E-state index >= 15 is 0 Å². The highest BCUT2D eigenvalue weighted by Crippen LogP contribution is 2.34. The first-order chi connectivity index (χ1) is 13.5. The highest BCUT2D eigenvalue weighted by Gasteiger charge is 2.33. The van der Waals surface area contributed by atoms with Gasteiger partial charge in [-0.05, 0) is 50.5 Å². The predicted octanol–water partition coefficient (Wildman–Crippen LogP) is 0.585. The van der Waals surface area contributed by atoms with Gasteiger partial charge in [-0.3, -0.25) is 13.9 Å². The van der Waals surface area contributed by atoms with E-state index in [4.69, 9.17) is 4.74 Å². The summed E-state index contributed by atoms with van der Waals surface area (Å²) in [6.07, 6.45) is 2.41. The van der Waals surface area contributed by atoms with Gasteiger partial charge < -0.3 is 15.4 Å². The van der Waals surface area contributed by atoms with Crippen LogP contribution in [0, 0.1) is 0 Å². The molecule has 1 aliphatic heterocycles. The molecule has 10 heteroatoms. The van der Waals surface area contributed by atoms with Gasteiger partial charge in [0.15, 0.2) is 6.61 Å². The number of benzene rings is 1. The van der Waals surface area contributed by atoms with E-state index in [9.17, 15) is 22.8 Å². The van der Waals surface area contributed by atoms with E-state index in [1.54, 1.807) is 26.0 Å². The SMILES string of the molecule is CCCNC(=O)[C@@H](C)NC(=O)COC(=O)c1ccc2c(c1)C[C@H](C)N2S(C)(=O)=O. The maximum absolute atomic E-state index is 12.3. The van der Waals surface area contributed by atoms with Gasteiger partial charge in [0.05, 0.1) is 17.5 Å². The summed E-state index contributed by atoms with van der Waals surface area (Å²) in [7, 11) is -3.41. The topological polar surface area (TPSA) is 122 Å². The number of hydrogen-bond acceptors (Lipinski definition) is 6. The molecule has 0 saturated heterocycles. The number of ether oxygens (including phenoxy) is 1. The van der Waals surface area contributed by atoms with Crippen LogP contribution in [0.3, 0.4) is 0 Å². The fourth-order valence-corrected chi connectivity index (χ4v) is 4.46. The molecular weight excluding hydrogens is 398 g/mol. The monoisotopic (exact) mass is 425 g/mol. The average molecular weight is 426 g/mol. The van der Waals surface area contributed by atoms with E-state index in [1.165, 1.54) is 10.4 Å². The van der Waals surface area contributed by atoms with Crippen LogP contribution in [0.25, 0.3) is 0 Å². The van der Waals surface area contributed by atoms with Crippen molar-refractivity contribution >= 4 is 33.5 Å². The number of nitrogens with zero attached hydrogens (tertiary/aromatic N) is 1. The molecule has 1 aliphatic rings. The minimum absolute atomic E-state index is 0.229. The highest BCUT2D eigenvalue weighted by molar-refractivity contribution is 7.92. The van der Waals surface area contributed by atoms with Gasteiger partial charge in [0.2, 0.25) is 15.9 Å². The van der Waals surface area contributed by atoms with E-state index < -0.39 is 34.5 Å². The zero-order chi connectivity index (χ0) is 21.8. The van der Waals surface area contributed by atoms with Crippen LogP contribution >= 0.6 is 0 Å². The second kappa shape index (κ2) is 9.25. The molecule has 2 amide bonds. The first-order valence-corrected chi connectivity index (χ1v) is 11.3. The summed E-state index contributed by atoms with van der Waals surface area (Å²) in [5.41, 5.74) is 1.50. The van der Waals surface area contributed by atoms with E-state index in [-0.39, 0.29) is 17.5 Å². The normalized spacial score (nSPS) is 16.7. The summed E-state index contributed by atoms with van der Waals surface area (Å²) in [6, 6.07) is 3.64. The summed E-state index contributed by atoms with van der Waals surface area (Å²) in [5.74, 6) is -1.60. The molecule has 1 aromatic rings. The van der Waals surface area contributed by atoms with Crippen molar-refractivity contribution in [2.24, 2.45) is 0 Å². The van der Waals surface area contributed by atoms with E-state index in [2.05, 4.69) is 10.6 Å². The fourth-order valence-electron chi connectivity index (χ4n) is 3.20. The van der Waals surface area contributed by atoms with Crippen molar-refractivity contribution in [3.05, 3.63) is 29.3 Å². The number of nitrogens with one attached hydrogen (secondary N) is 2. The molecule has 0 aromatic heterocycles. The van der Waals surface area contributed by atoms with Gasteiger partial charge >= 0.3 is 5.97 Å². The first-order valence-electron chi connectivity index (χ1n) is 9.41. The zero-order valence-electron chi connectivity index (χ0n) is 17.0. The van der Waals surface area contributed by atoms with Gasteiger partial charge in [0.25, 0.3) is 5.91 Å². The Morgan fingerprint density at radius 3 is 2.62 bits per heavy atom. The molecular formula is C19H27N3O6S. The Balaban J connectivity index is 1.95. The molecule has 0 aliphatic carbocycles. The van der Waals surface area contributed by atoms with Gasteiger partial charge in [-0.15, -0.1) is 0 Å². The summed E-state index contributed by atoms with van der Waals surface area (Å²) < 4.78 is 30.3. The van der Waals surface area contributed by atoms with Crippen molar-refractivity contribution in [2.45, 2.75) is 45.7 Å². The number of carbonyl (C=O) groups excluding carboxylic acids is 3. The maximum atomic E-state index is 12.3. The number of amides is 2. The lowest BCUT2D eigenvalue weighted by molar-refractivity contribution is -0.130. The van der Waals surface area contributed by atoms with Crippen LogP contribution in [0.5, 0.6) is 0 Å². The summed E-state index contributed by atoms with van der Waals surface area (Å²) in [6.45, 7) is 5.25. The fraction of sp³-hybridized carbons (Fsp3) is 0.526. The Bertz CT molecular complexity index is 899. The van der Waals surface area contributed by atoms with Crippen LogP contribution in [0.1, 0.15) is 43.1 Å². The molecule has 160 valence electrons. The number of rotatable bonds is 8. The molecule has 2 atom stereocenters. The summed E-state index contributed by atoms with van der Waals surface area (Å²) >= 11 is 0. The number of anilines is 1. The molecule has 9 nitrogen and oxygen atoms in total. The molecule has 29 heavy (non-hydrogen) atoms. The van der Waals surface area contributed by atoms with Crippen LogP contribution in [0.4, 0.5) is 5.69 Å². The number of sulfonamides is 1. The molecule has 0 radical (unpaired) electrons. The zero-order valence-corrected chi connectivity index (χ0v) is 17.8. The third-order valence-electron chi connectivity index (χ3n) is 4.48. The van der Waals surface area contributed by atoms with Crippen molar-refractivity contribution < 1.29 is 27.5 Å². The van der Waals surface area contributed by atoms with Crippen LogP contribution in [-0.2, 0) is 30.8 Å². The standard InChI is InChI=1S/C19H27N3O6S/c1-5-8-20-18(24)13(3)21-17(23)11-28-19(25)14-6-7-16-15(10-14)9-12(2)22(16)29(4,26)27/h6-7,10,12-13H,5,8-9,11H2,1-4H3,(H,20,24)(H,21,23)/t12-,13+/m0/s1. The Morgan fingerprint density at radius 2 is 2.00 bits per heavy atom. The van der Waals surface area contributed by atoms with Crippen LogP contribution in [-0.4, -0.2) is 57.7 Å². The van der Waals surface area contributed by atoms with Gasteiger partial charge in [0, 0.05) is 12.6 Å². The van der Waals surface area contributed by atoms with Gasteiger partial charge in [-0.25, -0.2) is 13.2 Å². The Kier molecular flexibility index (Phi) is 7.23. The minimum atomic E-state index is -3.41. The Morgan fingerprint density at radius 1 is 1.31 bits per heavy atom. The maximum Gasteiger partial charge on any atom is 0.338 e. The molecule has 0 unspecified atom stereocenters. The predicted molar refractivity (Wildman–Crippen MR) is 108 cm³/mol. The molecule has 2 N–H and O–H groups in total. The van der Waals surface area contributed by atoms with E-state index in [0.717, 1.165) is 18.2 Å². The van der Waals surface area contributed by atoms with E-state index in [1.807, 2.05) is 6.92 Å². The minimum Gasteiger partial charge on any atom is -0.452 e. The Hall–Kier alpha value is -2.62. The lowest BCUT2D eigenvalue weighted by Crippen LogP contribution is -2.46. The van der Waals surface area contributed by atoms with Crippen LogP contribution < -0.4 is 14.9 Å². The molecule has 1 heterocycles. The quantitative estimate of drug-likeness (QED) is 0.588. The number of esters is 1. The second-order valence-electron chi connectivity index (χ2n) is 7.11. The molecule has 0 spiro atoms. The number of fused-ring (bicyclic) bond motifs is 1. The van der Waals surface area contributed by atoms with Gasteiger partial charge in [0.1, 0.15) is 6.04 Å². The van der Waals surface area contributed by atoms with Crippen molar-refractivity contribution in [3.63, 3.8) is 0 Å². The third kappa shape index (κ3) is 5.69. The lowest BCUT2D eigenvalue weighted by atomic mass is 10.1. The molecule has 2 rings (SSSR count). The van der Waals surface area contributed by atoms with Gasteiger partial charge in [-0.1, -0.05) is 6.92 Å². The van der Waals surface area contributed by atoms with Gasteiger partial charge in [-0.2, -0.15) is 0 Å². The Labute approximate surface area is 170 Å². The number of hydrogen-bond donors (Lipinski definition) is 2. The third-order valence-corrected chi connectivity index (χ3v) is 5.75. The van der Waals surface area contributed by atoms with Crippen LogP contribution in [0.2, 0.25) is 0 Å². The molecule has 0 bridgehead atoms.